The molecule has 0 spiro atoms. The van der Waals surface area contributed by atoms with Crippen LogP contribution in [0.15, 0.2) is 0 Å². The Labute approximate surface area is 109 Å². The first kappa shape index (κ1) is 14.8. The smallest absolute Gasteiger partial charge is 0.238 e. The lowest BCUT2D eigenvalue weighted by Gasteiger charge is -2.27. The maximum atomic E-state index is 12.0. The van der Waals surface area contributed by atoms with Crippen LogP contribution in [-0.4, -0.2) is 36.5 Å². The summed E-state index contributed by atoms with van der Waals surface area (Å²) < 4.78 is 0. The minimum absolute atomic E-state index is 0.00808. The number of nitrogens with one attached hydrogen (secondary N) is 2. The summed E-state index contributed by atoms with van der Waals surface area (Å²) >= 11 is 1.85. The van der Waals surface area contributed by atoms with E-state index < -0.39 is 0 Å². The Morgan fingerprint density at radius 3 is 2.47 bits per heavy atom. The first-order valence-corrected chi connectivity index (χ1v) is 7.76. The summed E-state index contributed by atoms with van der Waals surface area (Å²) in [7, 11) is 0. The third kappa shape index (κ3) is 4.88. The second kappa shape index (κ2) is 7.27. The van der Waals surface area contributed by atoms with E-state index in [4.69, 9.17) is 0 Å². The Morgan fingerprint density at radius 2 is 2.00 bits per heavy atom. The lowest BCUT2D eigenvalue weighted by molar-refractivity contribution is -0.123. The molecular formula is C13H26N2OS. The first-order chi connectivity index (χ1) is 8.02. The second-order valence-corrected chi connectivity index (χ2v) is 6.63. The highest BCUT2D eigenvalue weighted by Gasteiger charge is 2.23. The van der Waals surface area contributed by atoms with Gasteiger partial charge >= 0.3 is 0 Å². The van der Waals surface area contributed by atoms with Gasteiger partial charge in [-0.25, -0.2) is 0 Å². The molecule has 4 heteroatoms. The lowest BCUT2D eigenvalue weighted by Crippen LogP contribution is -2.50. The minimum Gasteiger partial charge on any atom is -0.354 e. The molecule has 1 saturated heterocycles. The van der Waals surface area contributed by atoms with Gasteiger partial charge in [0.15, 0.2) is 0 Å². The van der Waals surface area contributed by atoms with Gasteiger partial charge in [0.05, 0.1) is 6.04 Å². The largest absolute Gasteiger partial charge is 0.354 e. The third-order valence-electron chi connectivity index (χ3n) is 3.46. The van der Waals surface area contributed by atoms with Crippen LogP contribution < -0.4 is 10.6 Å². The molecule has 100 valence electrons. The number of thioether (sulfide) groups is 1. The predicted octanol–water partition coefficient (Wildman–Crippen LogP) is 1.74. The molecule has 1 aliphatic rings. The molecule has 1 heterocycles. The predicted molar refractivity (Wildman–Crippen MR) is 75.3 cm³/mol. The molecule has 1 fully saturated rings. The average molecular weight is 258 g/mol. The van der Waals surface area contributed by atoms with Crippen molar-refractivity contribution in [2.24, 2.45) is 17.8 Å². The Morgan fingerprint density at radius 1 is 1.35 bits per heavy atom. The van der Waals surface area contributed by atoms with Crippen LogP contribution >= 0.6 is 11.8 Å². The van der Waals surface area contributed by atoms with Gasteiger partial charge in [-0.15, -0.1) is 0 Å². The average Bonchev–Trinajstić information content (AvgIpc) is 2.29. The van der Waals surface area contributed by atoms with E-state index in [1.54, 1.807) is 0 Å². The van der Waals surface area contributed by atoms with E-state index >= 15 is 0 Å². The van der Waals surface area contributed by atoms with Gasteiger partial charge in [-0.3, -0.25) is 4.79 Å². The summed E-state index contributed by atoms with van der Waals surface area (Å²) in [5, 5.41) is 6.37. The summed E-state index contributed by atoms with van der Waals surface area (Å²) in [5.41, 5.74) is 0. The standard InChI is InChI=1S/C13H26N2OS/c1-9(2)11(10(3)4)7-15-13(16)12-8-17-6-5-14-12/h9-12,14H,5-8H2,1-4H3,(H,15,16). The molecule has 2 N–H and O–H groups in total. The summed E-state index contributed by atoms with van der Waals surface area (Å²) in [6, 6.07) is 0.00808. The highest BCUT2D eigenvalue weighted by Crippen LogP contribution is 2.19. The highest BCUT2D eigenvalue weighted by molar-refractivity contribution is 7.99. The Hall–Kier alpha value is -0.220. The van der Waals surface area contributed by atoms with E-state index in [2.05, 4.69) is 38.3 Å². The van der Waals surface area contributed by atoms with Crippen LogP contribution in [0.4, 0.5) is 0 Å². The SMILES string of the molecule is CC(C)C(CNC(=O)C1CSCCN1)C(C)C. The van der Waals surface area contributed by atoms with Crippen molar-refractivity contribution in [1.82, 2.24) is 10.6 Å². The molecule has 0 bridgehead atoms. The minimum atomic E-state index is 0.00808. The van der Waals surface area contributed by atoms with Gasteiger partial charge in [-0.2, -0.15) is 11.8 Å². The van der Waals surface area contributed by atoms with Crippen LogP contribution in [-0.2, 0) is 4.79 Å². The summed E-state index contributed by atoms with van der Waals surface area (Å²) in [6.07, 6.45) is 0. The normalized spacial score (nSPS) is 21.2. The monoisotopic (exact) mass is 258 g/mol. The fourth-order valence-electron chi connectivity index (χ4n) is 2.32. The van der Waals surface area contributed by atoms with Gasteiger partial charge < -0.3 is 10.6 Å². The number of carbonyl (C=O) groups is 1. The van der Waals surface area contributed by atoms with Crippen LogP contribution in [0.3, 0.4) is 0 Å². The van der Waals surface area contributed by atoms with E-state index in [0.29, 0.717) is 17.8 Å². The third-order valence-corrected chi connectivity index (χ3v) is 4.52. The molecule has 1 amide bonds. The second-order valence-electron chi connectivity index (χ2n) is 5.48. The van der Waals surface area contributed by atoms with E-state index in [-0.39, 0.29) is 11.9 Å². The van der Waals surface area contributed by atoms with Crippen molar-refractivity contribution in [3.05, 3.63) is 0 Å². The van der Waals surface area contributed by atoms with Gasteiger partial charge in [-0.05, 0) is 17.8 Å². The number of hydrogen-bond acceptors (Lipinski definition) is 3. The zero-order valence-electron chi connectivity index (χ0n) is 11.5. The van der Waals surface area contributed by atoms with Crippen molar-refractivity contribution in [3.8, 4) is 0 Å². The quantitative estimate of drug-likeness (QED) is 0.789. The van der Waals surface area contributed by atoms with Crippen molar-refractivity contribution in [3.63, 3.8) is 0 Å². The van der Waals surface area contributed by atoms with Crippen molar-refractivity contribution in [1.29, 1.82) is 0 Å². The molecule has 0 aromatic rings. The fraction of sp³-hybridized carbons (Fsp3) is 0.923. The van der Waals surface area contributed by atoms with Gasteiger partial charge in [-0.1, -0.05) is 27.7 Å². The lowest BCUT2D eigenvalue weighted by atomic mass is 9.85. The van der Waals surface area contributed by atoms with Crippen LogP contribution in [0.25, 0.3) is 0 Å². The van der Waals surface area contributed by atoms with Crippen molar-refractivity contribution in [2.75, 3.05) is 24.6 Å². The van der Waals surface area contributed by atoms with Crippen LogP contribution in [0.2, 0.25) is 0 Å². The number of amides is 1. The molecule has 1 unspecified atom stereocenters. The van der Waals surface area contributed by atoms with Gasteiger partial charge in [0, 0.05) is 24.6 Å². The van der Waals surface area contributed by atoms with E-state index in [1.807, 2.05) is 11.8 Å². The topological polar surface area (TPSA) is 41.1 Å². The maximum Gasteiger partial charge on any atom is 0.238 e. The fourth-order valence-corrected chi connectivity index (χ4v) is 3.25. The van der Waals surface area contributed by atoms with E-state index in [0.717, 1.165) is 24.6 Å². The zero-order valence-corrected chi connectivity index (χ0v) is 12.3. The molecule has 0 aliphatic carbocycles. The molecule has 1 aliphatic heterocycles. The maximum absolute atomic E-state index is 12.0. The van der Waals surface area contributed by atoms with E-state index in [9.17, 15) is 4.79 Å². The summed E-state index contributed by atoms with van der Waals surface area (Å²) in [6.45, 7) is 10.7. The molecule has 0 radical (unpaired) electrons. The van der Waals surface area contributed by atoms with Crippen molar-refractivity contribution in [2.45, 2.75) is 33.7 Å². The number of rotatable bonds is 5. The van der Waals surface area contributed by atoms with Crippen LogP contribution in [0, 0.1) is 17.8 Å². The Balaban J connectivity index is 2.35. The molecule has 3 nitrogen and oxygen atoms in total. The number of carbonyl (C=O) groups excluding carboxylic acids is 1. The van der Waals surface area contributed by atoms with Crippen molar-refractivity contribution >= 4 is 17.7 Å². The Bertz CT molecular complexity index is 230. The van der Waals surface area contributed by atoms with Gasteiger partial charge in [0.1, 0.15) is 0 Å². The van der Waals surface area contributed by atoms with Gasteiger partial charge in [0.2, 0.25) is 5.91 Å². The summed E-state index contributed by atoms with van der Waals surface area (Å²) in [4.78, 5) is 12.0. The molecule has 0 aromatic carbocycles. The van der Waals surface area contributed by atoms with E-state index in [1.165, 1.54) is 0 Å². The van der Waals surface area contributed by atoms with Crippen LogP contribution in [0.5, 0.6) is 0 Å². The molecule has 1 rings (SSSR count). The summed E-state index contributed by atoms with van der Waals surface area (Å²) in [5.74, 6) is 3.98. The highest BCUT2D eigenvalue weighted by atomic mass is 32.2. The first-order valence-electron chi connectivity index (χ1n) is 6.61. The molecule has 0 aromatic heterocycles. The molecular weight excluding hydrogens is 232 g/mol. The number of hydrogen-bond donors (Lipinski definition) is 2. The zero-order chi connectivity index (χ0) is 12.8. The Kier molecular flexibility index (Phi) is 6.34. The molecule has 17 heavy (non-hydrogen) atoms. The molecule has 0 saturated carbocycles. The van der Waals surface area contributed by atoms with Crippen molar-refractivity contribution < 1.29 is 4.79 Å². The molecule has 1 atom stereocenters. The van der Waals surface area contributed by atoms with Crippen LogP contribution in [0.1, 0.15) is 27.7 Å². The van der Waals surface area contributed by atoms with Gasteiger partial charge in [0.25, 0.3) is 0 Å².